The molecule has 7 nitrogen and oxygen atoms in total. The van der Waals surface area contributed by atoms with Crippen molar-refractivity contribution < 1.29 is 4.79 Å². The number of H-pyrrole nitrogens is 1. The van der Waals surface area contributed by atoms with Crippen LogP contribution < -0.4 is 16.4 Å². The highest BCUT2D eigenvalue weighted by molar-refractivity contribution is 14.0. The van der Waals surface area contributed by atoms with Gasteiger partial charge >= 0.3 is 0 Å². The largest absolute Gasteiger partial charge is 0.369 e. The average Bonchev–Trinajstić information content (AvgIpc) is 3.09. The second-order valence-electron chi connectivity index (χ2n) is 7.38. The number of aromatic nitrogens is 1. The van der Waals surface area contributed by atoms with Gasteiger partial charge in [0.05, 0.1) is 6.54 Å². The molecule has 5 N–H and O–H groups in total. The number of rotatable bonds is 8. The normalized spacial score (nSPS) is 15.8. The molecule has 0 saturated carbocycles. The standard InChI is InChI=1S/C21H32N6O.HI/c1-2-23-21(26-17-9-12-27(13-10-17)15-20(22)28)24-11-5-6-16-14-25-19-8-4-3-7-18(16)19;/h3-4,7-8,14,17,25H,2,5-6,9-13,15H2,1H3,(H2,22,28)(H2,23,24,26);1H. The molecule has 0 spiro atoms. The van der Waals surface area contributed by atoms with Gasteiger partial charge in [-0.1, -0.05) is 18.2 Å². The van der Waals surface area contributed by atoms with E-state index in [1.165, 1.54) is 16.5 Å². The predicted molar refractivity (Wildman–Crippen MR) is 130 cm³/mol. The predicted octanol–water partition coefficient (Wildman–Crippen LogP) is 2.22. The molecule has 1 fully saturated rings. The first-order chi connectivity index (χ1) is 13.7. The van der Waals surface area contributed by atoms with Crippen LogP contribution in [0.3, 0.4) is 0 Å². The third kappa shape index (κ3) is 7.18. The highest BCUT2D eigenvalue weighted by Crippen LogP contribution is 2.18. The van der Waals surface area contributed by atoms with Crippen molar-refractivity contribution >= 4 is 46.7 Å². The van der Waals surface area contributed by atoms with Gasteiger partial charge in [-0.05, 0) is 44.2 Å². The zero-order valence-corrected chi connectivity index (χ0v) is 19.4. The van der Waals surface area contributed by atoms with Crippen LogP contribution >= 0.6 is 24.0 Å². The van der Waals surface area contributed by atoms with Gasteiger partial charge in [-0.2, -0.15) is 0 Å². The summed E-state index contributed by atoms with van der Waals surface area (Å²) < 4.78 is 0. The highest BCUT2D eigenvalue weighted by atomic mass is 127. The van der Waals surface area contributed by atoms with E-state index in [2.05, 4.69) is 57.9 Å². The number of aliphatic imine (C=N–C) groups is 1. The molecule has 0 atom stereocenters. The van der Waals surface area contributed by atoms with E-state index in [-0.39, 0.29) is 29.9 Å². The number of halogens is 1. The Balaban J connectivity index is 0.00000300. The van der Waals surface area contributed by atoms with Crippen LogP contribution in [0, 0.1) is 0 Å². The van der Waals surface area contributed by atoms with E-state index in [0.717, 1.165) is 57.8 Å². The van der Waals surface area contributed by atoms with Gasteiger partial charge < -0.3 is 21.4 Å². The number of aromatic amines is 1. The summed E-state index contributed by atoms with van der Waals surface area (Å²) in [7, 11) is 0. The minimum atomic E-state index is -0.253. The van der Waals surface area contributed by atoms with Gasteiger partial charge in [0.15, 0.2) is 5.96 Å². The van der Waals surface area contributed by atoms with Gasteiger partial charge in [0.25, 0.3) is 0 Å². The van der Waals surface area contributed by atoms with E-state index in [1.807, 2.05) is 0 Å². The van der Waals surface area contributed by atoms with E-state index in [9.17, 15) is 4.79 Å². The second kappa shape index (κ2) is 12.0. The number of para-hydroxylation sites is 1. The highest BCUT2D eigenvalue weighted by Gasteiger charge is 2.20. The van der Waals surface area contributed by atoms with Crippen molar-refractivity contribution in [2.75, 3.05) is 32.7 Å². The molecule has 0 unspecified atom stereocenters. The van der Waals surface area contributed by atoms with Crippen LogP contribution in [0.4, 0.5) is 0 Å². The molecule has 3 rings (SSSR count). The molecule has 0 aliphatic carbocycles. The lowest BCUT2D eigenvalue weighted by Crippen LogP contribution is -2.49. The van der Waals surface area contributed by atoms with Gasteiger partial charge in [-0.3, -0.25) is 14.7 Å². The maximum absolute atomic E-state index is 11.1. The summed E-state index contributed by atoms with van der Waals surface area (Å²) in [4.78, 5) is 21.3. The Hall–Kier alpha value is -1.81. The Bertz CT molecular complexity index is 797. The zero-order valence-electron chi connectivity index (χ0n) is 17.1. The SMILES string of the molecule is CCNC(=NCCCc1c[nH]c2ccccc12)NC1CCN(CC(N)=O)CC1.I. The number of nitrogens with zero attached hydrogens (tertiary/aromatic N) is 2. The Morgan fingerprint density at radius 2 is 2.07 bits per heavy atom. The van der Waals surface area contributed by atoms with Crippen molar-refractivity contribution in [3.8, 4) is 0 Å². The summed E-state index contributed by atoms with van der Waals surface area (Å²) in [6.45, 7) is 5.85. The van der Waals surface area contributed by atoms with Gasteiger partial charge in [-0.25, -0.2) is 0 Å². The molecule has 1 aliphatic rings. The van der Waals surface area contributed by atoms with E-state index >= 15 is 0 Å². The van der Waals surface area contributed by atoms with Crippen LogP contribution in [0.25, 0.3) is 10.9 Å². The fraction of sp³-hybridized carbons (Fsp3) is 0.524. The first-order valence-corrected chi connectivity index (χ1v) is 10.3. The van der Waals surface area contributed by atoms with Gasteiger partial charge in [0.1, 0.15) is 0 Å². The number of amides is 1. The Morgan fingerprint density at radius 1 is 1.31 bits per heavy atom. The maximum atomic E-state index is 11.1. The lowest BCUT2D eigenvalue weighted by Gasteiger charge is -2.32. The van der Waals surface area contributed by atoms with E-state index < -0.39 is 0 Å². The Kier molecular flexibility index (Phi) is 9.72. The van der Waals surface area contributed by atoms with Crippen molar-refractivity contribution in [1.29, 1.82) is 0 Å². The molecule has 2 heterocycles. The Labute approximate surface area is 189 Å². The van der Waals surface area contributed by atoms with Crippen molar-refractivity contribution in [3.63, 3.8) is 0 Å². The summed E-state index contributed by atoms with van der Waals surface area (Å²) in [6, 6.07) is 8.80. The summed E-state index contributed by atoms with van der Waals surface area (Å²) in [5, 5.41) is 8.19. The topological polar surface area (TPSA) is 98.5 Å². The number of hydrogen-bond acceptors (Lipinski definition) is 3. The Morgan fingerprint density at radius 3 is 2.79 bits per heavy atom. The number of aryl methyl sites for hydroxylation is 1. The van der Waals surface area contributed by atoms with E-state index in [1.54, 1.807) is 0 Å². The number of hydrogen-bond donors (Lipinski definition) is 4. The van der Waals surface area contributed by atoms with Gasteiger partial charge in [-0.15, -0.1) is 24.0 Å². The summed E-state index contributed by atoms with van der Waals surface area (Å²) in [5.74, 6) is 0.631. The summed E-state index contributed by atoms with van der Waals surface area (Å²) in [6.07, 6.45) is 6.12. The van der Waals surface area contributed by atoms with Crippen molar-refractivity contribution in [2.45, 2.75) is 38.6 Å². The maximum Gasteiger partial charge on any atom is 0.231 e. The van der Waals surface area contributed by atoms with Crippen LogP contribution in [0.1, 0.15) is 31.7 Å². The lowest BCUT2D eigenvalue weighted by molar-refractivity contribution is -0.119. The molecule has 1 aliphatic heterocycles. The minimum Gasteiger partial charge on any atom is -0.369 e. The molecule has 1 aromatic heterocycles. The van der Waals surface area contributed by atoms with Crippen LogP contribution in [-0.4, -0.2) is 60.5 Å². The van der Waals surface area contributed by atoms with Crippen LogP contribution in [0.15, 0.2) is 35.5 Å². The molecule has 29 heavy (non-hydrogen) atoms. The quantitative estimate of drug-likeness (QED) is 0.189. The van der Waals surface area contributed by atoms with Crippen molar-refractivity contribution in [3.05, 3.63) is 36.0 Å². The first-order valence-electron chi connectivity index (χ1n) is 10.3. The summed E-state index contributed by atoms with van der Waals surface area (Å²) in [5.41, 5.74) is 7.83. The monoisotopic (exact) mass is 512 g/mol. The number of nitrogens with two attached hydrogens (primary N) is 1. The first kappa shape index (κ1) is 23.5. The fourth-order valence-corrected chi connectivity index (χ4v) is 3.77. The molecular weight excluding hydrogens is 479 g/mol. The molecule has 0 bridgehead atoms. The van der Waals surface area contributed by atoms with Crippen LogP contribution in [0.5, 0.6) is 0 Å². The fourth-order valence-electron chi connectivity index (χ4n) is 3.77. The molecule has 160 valence electrons. The number of benzene rings is 1. The third-order valence-corrected chi connectivity index (χ3v) is 5.20. The van der Waals surface area contributed by atoms with Gasteiger partial charge in [0.2, 0.25) is 5.91 Å². The van der Waals surface area contributed by atoms with Crippen LogP contribution in [-0.2, 0) is 11.2 Å². The van der Waals surface area contributed by atoms with Crippen molar-refractivity contribution in [1.82, 2.24) is 20.5 Å². The second-order valence-corrected chi connectivity index (χ2v) is 7.38. The molecule has 8 heteroatoms. The lowest BCUT2D eigenvalue weighted by atomic mass is 10.1. The number of guanidine groups is 1. The molecular formula is C21H33IN6O. The molecule has 2 aromatic rings. The zero-order chi connectivity index (χ0) is 19.8. The smallest absolute Gasteiger partial charge is 0.231 e. The number of likely N-dealkylation sites (tertiary alicyclic amines) is 1. The number of piperidine rings is 1. The molecule has 1 aromatic carbocycles. The number of carbonyl (C=O) groups excluding carboxylic acids is 1. The van der Waals surface area contributed by atoms with E-state index in [0.29, 0.717) is 12.6 Å². The molecule has 1 saturated heterocycles. The number of nitrogens with one attached hydrogen (secondary N) is 3. The number of fused-ring (bicyclic) bond motifs is 1. The minimum absolute atomic E-state index is 0. The average molecular weight is 512 g/mol. The van der Waals surface area contributed by atoms with Gasteiger partial charge in [0, 0.05) is 49.3 Å². The van der Waals surface area contributed by atoms with Crippen LogP contribution in [0.2, 0.25) is 0 Å². The van der Waals surface area contributed by atoms with Crippen molar-refractivity contribution in [2.24, 2.45) is 10.7 Å². The molecule has 0 radical (unpaired) electrons. The number of primary amides is 1. The summed E-state index contributed by atoms with van der Waals surface area (Å²) >= 11 is 0. The third-order valence-electron chi connectivity index (χ3n) is 5.20. The van der Waals surface area contributed by atoms with E-state index in [4.69, 9.17) is 10.7 Å². The number of carbonyl (C=O) groups is 1. The molecule has 1 amide bonds.